The fourth-order valence-corrected chi connectivity index (χ4v) is 8.27. The van der Waals surface area contributed by atoms with Crippen LogP contribution in [0, 0.1) is 13.8 Å². The van der Waals surface area contributed by atoms with Crippen LogP contribution in [0.4, 0.5) is 0 Å². The highest BCUT2D eigenvalue weighted by atomic mass is 32.3. The molecule has 1 aliphatic rings. The van der Waals surface area contributed by atoms with E-state index < -0.39 is 24.3 Å². The van der Waals surface area contributed by atoms with Gasteiger partial charge in [-0.2, -0.15) is 0 Å². The molecule has 0 aliphatic carbocycles. The van der Waals surface area contributed by atoms with E-state index in [1.54, 1.807) is 29.2 Å². The fourth-order valence-electron chi connectivity index (χ4n) is 3.78. The van der Waals surface area contributed by atoms with Gasteiger partial charge in [0.05, 0.1) is 9.79 Å². The van der Waals surface area contributed by atoms with Gasteiger partial charge in [-0.15, -0.1) is 0 Å². The van der Waals surface area contributed by atoms with Crippen molar-refractivity contribution in [1.82, 2.24) is 4.90 Å². The standard InChI is InChI=1S/C23H29NO5S2/c1-18-6-10-20(11-7-18)30(26,27)23(15-14-22(25)24-16-4-3-5-17-24)31(28,29)21-12-8-19(2)9-13-21/h6-13,23H,3-5,14-17H2,1-2H3. The van der Waals surface area contributed by atoms with Crippen LogP contribution in [0.15, 0.2) is 58.3 Å². The molecule has 0 N–H and O–H groups in total. The van der Waals surface area contributed by atoms with E-state index in [9.17, 15) is 21.6 Å². The van der Waals surface area contributed by atoms with Crippen molar-refractivity contribution in [1.29, 1.82) is 0 Å². The first-order valence-electron chi connectivity index (χ1n) is 10.5. The maximum Gasteiger partial charge on any atom is 0.222 e. The number of likely N-dealkylation sites (tertiary alicyclic amines) is 1. The summed E-state index contributed by atoms with van der Waals surface area (Å²) in [4.78, 5) is 14.3. The van der Waals surface area contributed by atoms with Gasteiger partial charge in [0.1, 0.15) is 0 Å². The highest BCUT2D eigenvalue weighted by Gasteiger charge is 2.40. The molecule has 168 valence electrons. The summed E-state index contributed by atoms with van der Waals surface area (Å²) in [5, 5.41) is 0. The second-order valence-corrected chi connectivity index (χ2v) is 12.7. The maximum atomic E-state index is 13.4. The Kier molecular flexibility index (Phi) is 7.21. The minimum absolute atomic E-state index is 0.0517. The van der Waals surface area contributed by atoms with Crippen molar-refractivity contribution in [3.63, 3.8) is 0 Å². The van der Waals surface area contributed by atoms with Crippen LogP contribution in [0.1, 0.15) is 43.2 Å². The summed E-state index contributed by atoms with van der Waals surface area (Å²) in [5.41, 5.74) is 1.74. The third kappa shape index (κ3) is 5.36. The van der Waals surface area contributed by atoms with Crippen LogP contribution in [0.25, 0.3) is 0 Å². The number of nitrogens with zero attached hydrogens (tertiary/aromatic N) is 1. The van der Waals surface area contributed by atoms with E-state index in [0.717, 1.165) is 30.4 Å². The van der Waals surface area contributed by atoms with Gasteiger partial charge in [0.25, 0.3) is 0 Å². The number of piperidine rings is 1. The van der Waals surface area contributed by atoms with Gasteiger partial charge in [-0.1, -0.05) is 35.4 Å². The molecule has 0 radical (unpaired) electrons. The van der Waals surface area contributed by atoms with Gasteiger partial charge < -0.3 is 4.90 Å². The first-order valence-corrected chi connectivity index (χ1v) is 13.6. The van der Waals surface area contributed by atoms with E-state index >= 15 is 0 Å². The molecule has 6 nitrogen and oxygen atoms in total. The molecular weight excluding hydrogens is 434 g/mol. The Hall–Kier alpha value is -2.19. The lowest BCUT2D eigenvalue weighted by Gasteiger charge is -2.27. The minimum Gasteiger partial charge on any atom is -0.343 e. The smallest absolute Gasteiger partial charge is 0.222 e. The molecule has 1 aliphatic heterocycles. The van der Waals surface area contributed by atoms with E-state index in [1.165, 1.54) is 24.3 Å². The molecule has 1 saturated heterocycles. The van der Waals surface area contributed by atoms with Crippen LogP contribution in [0.5, 0.6) is 0 Å². The Balaban J connectivity index is 1.95. The maximum absolute atomic E-state index is 13.4. The van der Waals surface area contributed by atoms with Gasteiger partial charge >= 0.3 is 0 Å². The van der Waals surface area contributed by atoms with Crippen LogP contribution >= 0.6 is 0 Å². The molecule has 0 saturated carbocycles. The zero-order chi connectivity index (χ0) is 22.6. The van der Waals surface area contributed by atoms with Gasteiger partial charge in [-0.3, -0.25) is 4.79 Å². The molecule has 8 heteroatoms. The summed E-state index contributed by atoms with van der Waals surface area (Å²) in [6, 6.07) is 12.3. The summed E-state index contributed by atoms with van der Waals surface area (Å²) in [7, 11) is -8.44. The molecule has 3 rings (SSSR count). The van der Waals surface area contributed by atoms with Crippen molar-refractivity contribution in [2.45, 2.75) is 60.3 Å². The molecule has 31 heavy (non-hydrogen) atoms. The van der Waals surface area contributed by atoms with E-state index in [2.05, 4.69) is 0 Å². The zero-order valence-electron chi connectivity index (χ0n) is 18.0. The molecular formula is C23H29NO5S2. The number of amides is 1. The average molecular weight is 464 g/mol. The molecule has 0 atom stereocenters. The van der Waals surface area contributed by atoms with E-state index in [4.69, 9.17) is 0 Å². The number of aryl methyl sites for hydroxylation is 2. The molecule has 1 fully saturated rings. The summed E-state index contributed by atoms with van der Waals surface area (Å²) >= 11 is 0. The molecule has 0 aromatic heterocycles. The van der Waals surface area contributed by atoms with Crippen molar-refractivity contribution in [3.8, 4) is 0 Å². The summed E-state index contributed by atoms with van der Waals surface area (Å²) in [6.07, 6.45) is 2.50. The summed E-state index contributed by atoms with van der Waals surface area (Å²) in [6.45, 7) is 4.93. The first kappa shape index (κ1) is 23.5. The molecule has 1 heterocycles. The van der Waals surface area contributed by atoms with Gasteiger partial charge in [-0.05, 0) is 63.8 Å². The third-order valence-electron chi connectivity index (χ3n) is 5.69. The van der Waals surface area contributed by atoms with Crippen LogP contribution in [0.2, 0.25) is 0 Å². The molecule has 2 aromatic rings. The lowest BCUT2D eigenvalue weighted by molar-refractivity contribution is -0.132. The molecule has 0 bridgehead atoms. The summed E-state index contributed by atoms with van der Waals surface area (Å²) < 4.78 is 51.9. The second kappa shape index (κ2) is 9.53. The van der Waals surface area contributed by atoms with Gasteiger partial charge in [0.15, 0.2) is 24.3 Å². The monoisotopic (exact) mass is 463 g/mol. The largest absolute Gasteiger partial charge is 0.343 e. The molecule has 1 amide bonds. The van der Waals surface area contributed by atoms with Crippen LogP contribution < -0.4 is 0 Å². The van der Waals surface area contributed by atoms with Crippen molar-refractivity contribution in [2.24, 2.45) is 0 Å². The lowest BCUT2D eigenvalue weighted by Crippen LogP contribution is -2.37. The van der Waals surface area contributed by atoms with Crippen molar-refractivity contribution in [3.05, 3.63) is 59.7 Å². The second-order valence-electron chi connectivity index (χ2n) is 8.13. The highest BCUT2D eigenvalue weighted by molar-refractivity contribution is 8.09. The first-order chi connectivity index (χ1) is 14.6. The van der Waals surface area contributed by atoms with E-state index in [1.807, 2.05) is 13.8 Å². The number of benzene rings is 2. The normalized spacial score (nSPS) is 15.3. The Morgan fingerprint density at radius 2 is 1.19 bits per heavy atom. The van der Waals surface area contributed by atoms with Crippen LogP contribution in [-0.4, -0.2) is 45.3 Å². The van der Waals surface area contributed by atoms with Gasteiger partial charge in [0, 0.05) is 19.5 Å². The molecule has 2 aromatic carbocycles. The average Bonchev–Trinajstić information content (AvgIpc) is 2.74. The van der Waals surface area contributed by atoms with Gasteiger partial charge in [-0.25, -0.2) is 16.8 Å². The number of carbonyl (C=O) groups is 1. The number of rotatable bonds is 7. The number of hydrogen-bond acceptors (Lipinski definition) is 5. The predicted molar refractivity (Wildman–Crippen MR) is 120 cm³/mol. The van der Waals surface area contributed by atoms with Gasteiger partial charge in [0.2, 0.25) is 5.91 Å². The Morgan fingerprint density at radius 1 is 0.774 bits per heavy atom. The van der Waals surface area contributed by atoms with Crippen LogP contribution in [0.3, 0.4) is 0 Å². The Morgan fingerprint density at radius 3 is 1.61 bits per heavy atom. The van der Waals surface area contributed by atoms with Crippen molar-refractivity contribution < 1.29 is 21.6 Å². The van der Waals surface area contributed by atoms with Crippen molar-refractivity contribution >= 4 is 25.6 Å². The highest BCUT2D eigenvalue weighted by Crippen LogP contribution is 2.29. The third-order valence-corrected chi connectivity index (χ3v) is 10.9. The SMILES string of the molecule is Cc1ccc(S(=O)(=O)C(CCC(=O)N2CCCCC2)S(=O)(=O)c2ccc(C)cc2)cc1. The minimum atomic E-state index is -4.22. The number of carbonyl (C=O) groups excluding carboxylic acids is 1. The topological polar surface area (TPSA) is 88.6 Å². The van der Waals surface area contributed by atoms with Crippen LogP contribution in [-0.2, 0) is 24.5 Å². The number of sulfone groups is 2. The fraction of sp³-hybridized carbons (Fsp3) is 0.435. The Labute approximate surface area is 185 Å². The quantitative estimate of drug-likeness (QED) is 0.625. The van der Waals surface area contributed by atoms with Crippen molar-refractivity contribution in [2.75, 3.05) is 13.1 Å². The predicted octanol–water partition coefficient (Wildman–Crippen LogP) is 3.67. The number of hydrogen-bond donors (Lipinski definition) is 0. The lowest BCUT2D eigenvalue weighted by atomic mass is 10.1. The van der Waals surface area contributed by atoms with E-state index in [-0.39, 0.29) is 28.5 Å². The van der Waals surface area contributed by atoms with E-state index in [0.29, 0.717) is 13.1 Å². The molecule has 0 spiro atoms. The zero-order valence-corrected chi connectivity index (χ0v) is 19.6. The summed E-state index contributed by atoms with van der Waals surface area (Å²) in [5.74, 6) is -0.192. The molecule has 0 unspecified atom stereocenters. The Bertz CT molecular complexity index is 1040.